The monoisotopic (exact) mass is 429 g/mol. The highest BCUT2D eigenvalue weighted by molar-refractivity contribution is 6.17. The molecule has 162 valence electrons. The number of benzene rings is 3. The molecule has 1 aliphatic heterocycles. The van der Waals surface area contributed by atoms with E-state index in [1.54, 1.807) is 0 Å². The van der Waals surface area contributed by atoms with Crippen LogP contribution in [0.2, 0.25) is 0 Å². The lowest BCUT2D eigenvalue weighted by Crippen LogP contribution is -2.32. The molecule has 0 amide bonds. The number of rotatable bonds is 0. The van der Waals surface area contributed by atoms with E-state index in [9.17, 15) is 0 Å². The summed E-state index contributed by atoms with van der Waals surface area (Å²) in [6.07, 6.45) is 8.19. The van der Waals surface area contributed by atoms with E-state index < -0.39 is 0 Å². The average Bonchev–Trinajstić information content (AvgIpc) is 3.29. The molecule has 3 aromatic carbocycles. The Morgan fingerprint density at radius 1 is 0.879 bits per heavy atom. The summed E-state index contributed by atoms with van der Waals surface area (Å²) >= 11 is 0. The topological polar surface area (TPSA) is 20.5 Å². The molecular weight excluding hydrogens is 402 g/mol. The molecule has 0 unspecified atom stereocenters. The zero-order valence-corrected chi connectivity index (χ0v) is 19.3. The van der Waals surface area contributed by atoms with Gasteiger partial charge in [0.15, 0.2) is 0 Å². The van der Waals surface area contributed by atoms with Gasteiger partial charge in [-0.25, -0.2) is 4.99 Å². The molecule has 2 aliphatic rings. The molecule has 0 fully saturated rings. The molecule has 0 bridgehead atoms. The zero-order valence-electron chi connectivity index (χ0n) is 19.3. The Balaban J connectivity index is 1.77. The first-order valence-corrected chi connectivity index (χ1v) is 11.5. The molecule has 3 heteroatoms. The van der Waals surface area contributed by atoms with Gasteiger partial charge in [0.2, 0.25) is 5.96 Å². The van der Waals surface area contributed by atoms with E-state index in [4.69, 9.17) is 4.99 Å². The maximum atomic E-state index is 5.06. The summed E-state index contributed by atoms with van der Waals surface area (Å²) in [6, 6.07) is 22.1. The van der Waals surface area contributed by atoms with Crippen molar-refractivity contribution >= 4 is 27.8 Å². The summed E-state index contributed by atoms with van der Waals surface area (Å²) < 4.78 is 2.36. The minimum absolute atomic E-state index is 0.119. The van der Waals surface area contributed by atoms with Crippen LogP contribution >= 0.6 is 0 Å². The van der Waals surface area contributed by atoms with Crippen molar-refractivity contribution in [3.63, 3.8) is 0 Å². The van der Waals surface area contributed by atoms with Gasteiger partial charge in [-0.3, -0.25) is 4.57 Å². The van der Waals surface area contributed by atoms with Crippen LogP contribution in [0.25, 0.3) is 32.9 Å². The van der Waals surface area contributed by atoms with Crippen molar-refractivity contribution in [3.8, 4) is 11.1 Å². The van der Waals surface area contributed by atoms with Gasteiger partial charge in [0.1, 0.15) is 0 Å². The van der Waals surface area contributed by atoms with Crippen LogP contribution in [0.3, 0.4) is 0 Å². The smallest absolute Gasteiger partial charge is 0.210 e. The minimum Gasteiger partial charge on any atom is -0.316 e. The fourth-order valence-electron chi connectivity index (χ4n) is 5.53. The Hall–Kier alpha value is -3.85. The van der Waals surface area contributed by atoms with Crippen LogP contribution in [0.15, 0.2) is 102 Å². The Kier molecular flexibility index (Phi) is 4.25. The number of likely N-dealkylation sites (N-methyl/N-ethyl adjacent to an activating group) is 1. The van der Waals surface area contributed by atoms with E-state index in [0.717, 1.165) is 11.7 Å². The van der Waals surface area contributed by atoms with Crippen LogP contribution < -0.4 is 0 Å². The number of aromatic nitrogens is 1. The second-order valence-corrected chi connectivity index (χ2v) is 9.39. The van der Waals surface area contributed by atoms with Gasteiger partial charge in [-0.15, -0.1) is 0 Å². The number of allylic oxidation sites excluding steroid dienone is 3. The largest absolute Gasteiger partial charge is 0.316 e. The second-order valence-electron chi connectivity index (χ2n) is 9.39. The maximum absolute atomic E-state index is 5.06. The highest BCUT2D eigenvalue weighted by Crippen LogP contribution is 2.52. The third-order valence-electron chi connectivity index (χ3n) is 7.16. The SMILES string of the molecule is C=C1/C=C\C=C/C/N=C(/n2c3ccccc3c3ccc4c(c32)C(C)(C)c2ccccc2-4)N1C. The third kappa shape index (κ3) is 2.72. The first-order valence-electron chi connectivity index (χ1n) is 11.5. The maximum Gasteiger partial charge on any atom is 0.210 e. The van der Waals surface area contributed by atoms with Gasteiger partial charge in [-0.2, -0.15) is 0 Å². The number of fused-ring (bicyclic) bond motifs is 7. The number of hydrogen-bond donors (Lipinski definition) is 0. The molecule has 1 aliphatic carbocycles. The summed E-state index contributed by atoms with van der Waals surface area (Å²) in [6.45, 7) is 9.61. The highest BCUT2D eigenvalue weighted by atomic mass is 15.3. The van der Waals surface area contributed by atoms with Gasteiger partial charge in [-0.1, -0.05) is 93.3 Å². The van der Waals surface area contributed by atoms with Gasteiger partial charge in [0, 0.05) is 28.9 Å². The summed E-state index contributed by atoms with van der Waals surface area (Å²) in [5.74, 6) is 0.891. The van der Waals surface area contributed by atoms with Crippen LogP contribution in [-0.2, 0) is 5.41 Å². The van der Waals surface area contributed by atoms with E-state index in [0.29, 0.717) is 6.54 Å². The molecular formula is C30H27N3. The molecule has 0 saturated carbocycles. The molecule has 1 aromatic heterocycles. The minimum atomic E-state index is -0.119. The van der Waals surface area contributed by atoms with Crippen LogP contribution in [0.1, 0.15) is 25.0 Å². The summed E-state index contributed by atoms with van der Waals surface area (Å²) in [4.78, 5) is 7.16. The van der Waals surface area contributed by atoms with Gasteiger partial charge >= 0.3 is 0 Å². The first-order chi connectivity index (χ1) is 16.0. The molecule has 0 radical (unpaired) electrons. The lowest BCUT2D eigenvalue weighted by Gasteiger charge is -2.27. The van der Waals surface area contributed by atoms with Crippen molar-refractivity contribution < 1.29 is 0 Å². The number of para-hydroxylation sites is 1. The van der Waals surface area contributed by atoms with Crippen molar-refractivity contribution in [2.75, 3.05) is 13.6 Å². The third-order valence-corrected chi connectivity index (χ3v) is 7.16. The summed E-state index contributed by atoms with van der Waals surface area (Å²) in [5.41, 5.74) is 8.58. The van der Waals surface area contributed by atoms with E-state index in [2.05, 4.69) is 104 Å². The quantitative estimate of drug-likeness (QED) is 0.298. The van der Waals surface area contributed by atoms with E-state index in [-0.39, 0.29) is 5.41 Å². The van der Waals surface area contributed by atoms with Gasteiger partial charge < -0.3 is 4.90 Å². The number of nitrogens with zero attached hydrogens (tertiary/aromatic N) is 3. The van der Waals surface area contributed by atoms with E-state index in [1.165, 1.54) is 44.1 Å². The van der Waals surface area contributed by atoms with E-state index >= 15 is 0 Å². The normalized spacial score (nSPS) is 20.5. The number of aliphatic imine (C=N–C) groups is 1. The lowest BCUT2D eigenvalue weighted by atomic mass is 9.81. The first kappa shape index (κ1) is 19.8. The Morgan fingerprint density at radius 2 is 1.67 bits per heavy atom. The van der Waals surface area contributed by atoms with Crippen LogP contribution in [0.5, 0.6) is 0 Å². The van der Waals surface area contributed by atoms with Crippen molar-refractivity contribution in [1.82, 2.24) is 9.47 Å². The number of hydrogen-bond acceptors (Lipinski definition) is 2. The molecule has 4 aromatic rings. The van der Waals surface area contributed by atoms with Gasteiger partial charge in [0.25, 0.3) is 0 Å². The Morgan fingerprint density at radius 3 is 2.55 bits per heavy atom. The molecule has 3 nitrogen and oxygen atoms in total. The predicted octanol–water partition coefficient (Wildman–Crippen LogP) is 6.88. The Bertz CT molecular complexity index is 1540. The molecule has 2 heterocycles. The zero-order chi connectivity index (χ0) is 22.7. The summed E-state index contributed by atoms with van der Waals surface area (Å²) in [7, 11) is 2.06. The second kappa shape index (κ2) is 7.08. The summed E-state index contributed by atoms with van der Waals surface area (Å²) in [5, 5.41) is 2.51. The van der Waals surface area contributed by atoms with Crippen molar-refractivity contribution in [2.45, 2.75) is 19.3 Å². The fourth-order valence-corrected chi connectivity index (χ4v) is 5.53. The Labute approximate surface area is 194 Å². The van der Waals surface area contributed by atoms with E-state index in [1.807, 2.05) is 18.2 Å². The molecule has 6 rings (SSSR count). The van der Waals surface area contributed by atoms with Crippen LogP contribution in [0, 0.1) is 0 Å². The standard InChI is InChI=1S/C30H27N3/c1-20-12-6-5-11-19-31-29(32(20)4)33-26-16-10-8-14-22(26)24-18-17-23-21-13-7-9-15-25(21)30(2,3)27(23)28(24)33/h5-18H,1,19H2,2-4H3/b11-5-,12-6-,31-29+. The van der Waals surface area contributed by atoms with Gasteiger partial charge in [0.05, 0.1) is 17.6 Å². The van der Waals surface area contributed by atoms with Crippen molar-refractivity contribution in [1.29, 1.82) is 0 Å². The van der Waals surface area contributed by atoms with Crippen LogP contribution in [-0.4, -0.2) is 29.0 Å². The molecule has 0 atom stereocenters. The molecule has 33 heavy (non-hydrogen) atoms. The van der Waals surface area contributed by atoms with Gasteiger partial charge in [-0.05, 0) is 34.4 Å². The predicted molar refractivity (Wildman–Crippen MR) is 140 cm³/mol. The van der Waals surface area contributed by atoms with Crippen molar-refractivity contribution in [3.05, 3.63) is 108 Å². The van der Waals surface area contributed by atoms with Crippen LogP contribution in [0.4, 0.5) is 0 Å². The van der Waals surface area contributed by atoms with Crippen molar-refractivity contribution in [2.24, 2.45) is 4.99 Å². The lowest BCUT2D eigenvalue weighted by molar-refractivity contribution is 0.622. The molecule has 0 spiro atoms. The highest BCUT2D eigenvalue weighted by Gasteiger charge is 2.38. The average molecular weight is 430 g/mol. The fraction of sp³-hybridized carbons (Fsp3) is 0.167. The molecule has 0 saturated heterocycles. The molecule has 0 N–H and O–H groups in total.